The summed E-state index contributed by atoms with van der Waals surface area (Å²) in [6.07, 6.45) is 1.60. The minimum absolute atomic E-state index is 0.413. The molecule has 0 aliphatic carbocycles. The van der Waals surface area contributed by atoms with E-state index in [0.717, 1.165) is 29.6 Å². The van der Waals surface area contributed by atoms with Gasteiger partial charge < -0.3 is 10.1 Å². The molecule has 1 aromatic carbocycles. The van der Waals surface area contributed by atoms with Gasteiger partial charge in [0.15, 0.2) is 0 Å². The molecule has 2 nitrogen and oxygen atoms in total. The molecule has 1 aliphatic heterocycles. The maximum atomic E-state index is 5.83. The Balaban J connectivity index is 1.64. The average Bonchev–Trinajstić information content (AvgIpc) is 2.73. The first-order chi connectivity index (χ1) is 8.25. The van der Waals surface area contributed by atoms with E-state index in [1.165, 1.54) is 6.42 Å². The molecule has 2 rings (SSSR count). The van der Waals surface area contributed by atoms with Crippen molar-refractivity contribution in [1.82, 2.24) is 0 Å². The van der Waals surface area contributed by atoms with Gasteiger partial charge in [-0.2, -0.15) is 11.8 Å². The summed E-state index contributed by atoms with van der Waals surface area (Å²) in [5, 5.41) is 4.84. The second kappa shape index (κ2) is 6.53. The molecule has 2 unspecified atom stereocenters. The number of benzene rings is 1. The Morgan fingerprint density at radius 2 is 2.18 bits per heavy atom. The van der Waals surface area contributed by atoms with Crippen LogP contribution in [0.4, 0.5) is 5.69 Å². The van der Waals surface area contributed by atoms with E-state index in [4.69, 9.17) is 16.3 Å². The summed E-state index contributed by atoms with van der Waals surface area (Å²) in [5.74, 6) is 1.11. The van der Waals surface area contributed by atoms with Gasteiger partial charge in [0.25, 0.3) is 0 Å². The average molecular weight is 272 g/mol. The maximum Gasteiger partial charge on any atom is 0.0666 e. The number of anilines is 1. The summed E-state index contributed by atoms with van der Waals surface area (Å²) in [4.78, 5) is 0. The molecule has 1 saturated heterocycles. The first kappa shape index (κ1) is 13.1. The zero-order chi connectivity index (χ0) is 12.1. The minimum atomic E-state index is 0.413. The van der Waals surface area contributed by atoms with Crippen molar-refractivity contribution >= 4 is 29.1 Å². The largest absolute Gasteiger partial charge is 0.384 e. The summed E-state index contributed by atoms with van der Waals surface area (Å²) in [7, 11) is 0. The Morgan fingerprint density at radius 1 is 1.41 bits per heavy atom. The van der Waals surface area contributed by atoms with Crippen molar-refractivity contribution in [2.75, 3.05) is 24.2 Å². The van der Waals surface area contributed by atoms with Gasteiger partial charge in [0, 0.05) is 34.9 Å². The zero-order valence-electron chi connectivity index (χ0n) is 9.99. The summed E-state index contributed by atoms with van der Waals surface area (Å²) < 4.78 is 5.54. The van der Waals surface area contributed by atoms with E-state index < -0.39 is 0 Å². The van der Waals surface area contributed by atoms with Gasteiger partial charge in [-0.05, 0) is 37.6 Å². The molecule has 2 atom stereocenters. The molecule has 0 spiro atoms. The first-order valence-corrected chi connectivity index (χ1v) is 7.41. The van der Waals surface area contributed by atoms with Gasteiger partial charge in [0.05, 0.1) is 6.10 Å². The van der Waals surface area contributed by atoms with Gasteiger partial charge in [-0.25, -0.2) is 0 Å². The molecule has 1 fully saturated rings. The van der Waals surface area contributed by atoms with E-state index in [1.54, 1.807) is 0 Å². The number of halogens is 1. The van der Waals surface area contributed by atoms with Gasteiger partial charge in [-0.15, -0.1) is 0 Å². The molecule has 1 aromatic rings. The molecule has 0 amide bonds. The lowest BCUT2D eigenvalue weighted by molar-refractivity contribution is 0.127. The number of rotatable bonds is 5. The second-order valence-corrected chi connectivity index (χ2v) is 5.99. The highest BCUT2D eigenvalue weighted by Crippen LogP contribution is 2.25. The van der Waals surface area contributed by atoms with E-state index >= 15 is 0 Å². The van der Waals surface area contributed by atoms with Crippen LogP contribution in [0.1, 0.15) is 13.3 Å². The van der Waals surface area contributed by atoms with Crippen LogP contribution in [0.3, 0.4) is 0 Å². The minimum Gasteiger partial charge on any atom is -0.384 e. The fourth-order valence-electron chi connectivity index (χ4n) is 1.90. The fraction of sp³-hybridized carbons (Fsp3) is 0.538. The van der Waals surface area contributed by atoms with Gasteiger partial charge in [0.1, 0.15) is 0 Å². The van der Waals surface area contributed by atoms with Crippen LogP contribution in [0.5, 0.6) is 0 Å². The fourth-order valence-corrected chi connectivity index (χ4v) is 3.17. The molecule has 1 heterocycles. The highest BCUT2D eigenvalue weighted by atomic mass is 35.5. The van der Waals surface area contributed by atoms with E-state index in [0.29, 0.717) is 11.4 Å². The quantitative estimate of drug-likeness (QED) is 0.826. The van der Waals surface area contributed by atoms with Crippen molar-refractivity contribution in [3.63, 3.8) is 0 Å². The second-order valence-electron chi connectivity index (χ2n) is 4.21. The van der Waals surface area contributed by atoms with Crippen molar-refractivity contribution in [3.8, 4) is 0 Å². The van der Waals surface area contributed by atoms with Gasteiger partial charge in [-0.1, -0.05) is 11.6 Å². The Kier molecular flexibility index (Phi) is 5.01. The van der Waals surface area contributed by atoms with E-state index in [2.05, 4.69) is 12.2 Å². The Morgan fingerprint density at radius 3 is 2.82 bits per heavy atom. The maximum absolute atomic E-state index is 5.83. The topological polar surface area (TPSA) is 21.3 Å². The molecule has 17 heavy (non-hydrogen) atoms. The molecule has 0 aromatic heterocycles. The van der Waals surface area contributed by atoms with E-state index in [9.17, 15) is 0 Å². The zero-order valence-corrected chi connectivity index (χ0v) is 11.6. The standard InChI is InChI=1S/C13H18ClNOS/c1-10-13(6-8-16-10)17-9-7-15-12-4-2-11(14)3-5-12/h2-5,10,13,15H,6-9H2,1H3. The van der Waals surface area contributed by atoms with Crippen LogP contribution >= 0.6 is 23.4 Å². The van der Waals surface area contributed by atoms with Crippen LogP contribution in [0.25, 0.3) is 0 Å². The lowest BCUT2D eigenvalue weighted by Gasteiger charge is -2.13. The Bertz CT molecular complexity index is 344. The molecular formula is C13H18ClNOS. The number of thioether (sulfide) groups is 1. The molecule has 0 saturated carbocycles. The van der Waals surface area contributed by atoms with Crippen molar-refractivity contribution < 1.29 is 4.74 Å². The molecule has 4 heteroatoms. The summed E-state index contributed by atoms with van der Waals surface area (Å²) in [6.45, 7) is 4.07. The highest BCUT2D eigenvalue weighted by molar-refractivity contribution is 8.00. The lowest BCUT2D eigenvalue weighted by Crippen LogP contribution is -2.16. The van der Waals surface area contributed by atoms with Crippen LogP contribution in [-0.2, 0) is 4.74 Å². The lowest BCUT2D eigenvalue weighted by atomic mass is 10.3. The van der Waals surface area contributed by atoms with Gasteiger partial charge in [-0.3, -0.25) is 0 Å². The summed E-state index contributed by atoms with van der Waals surface area (Å²) in [5.41, 5.74) is 1.13. The Labute approximate surface area is 112 Å². The molecule has 1 N–H and O–H groups in total. The third-order valence-electron chi connectivity index (χ3n) is 2.91. The van der Waals surface area contributed by atoms with Crippen molar-refractivity contribution in [3.05, 3.63) is 29.3 Å². The number of nitrogens with one attached hydrogen (secondary N) is 1. The summed E-state index contributed by atoms with van der Waals surface area (Å²) in [6, 6.07) is 7.83. The van der Waals surface area contributed by atoms with Crippen LogP contribution < -0.4 is 5.32 Å². The third kappa shape index (κ3) is 4.09. The number of ether oxygens (including phenoxy) is 1. The normalized spacial score (nSPS) is 23.9. The highest BCUT2D eigenvalue weighted by Gasteiger charge is 2.23. The van der Waals surface area contributed by atoms with Crippen LogP contribution in [-0.4, -0.2) is 30.3 Å². The molecular weight excluding hydrogens is 254 g/mol. The Hall–Kier alpha value is -0.380. The van der Waals surface area contributed by atoms with Crippen molar-refractivity contribution in [2.24, 2.45) is 0 Å². The number of hydrogen-bond donors (Lipinski definition) is 1. The molecule has 94 valence electrons. The molecule has 0 radical (unpaired) electrons. The molecule has 0 bridgehead atoms. The summed E-state index contributed by atoms with van der Waals surface area (Å²) >= 11 is 7.83. The predicted octanol–water partition coefficient (Wildman–Crippen LogP) is 3.66. The predicted molar refractivity (Wildman–Crippen MR) is 76.2 cm³/mol. The van der Waals surface area contributed by atoms with Gasteiger partial charge in [0.2, 0.25) is 0 Å². The van der Waals surface area contributed by atoms with Crippen LogP contribution in [0, 0.1) is 0 Å². The van der Waals surface area contributed by atoms with Crippen molar-refractivity contribution in [1.29, 1.82) is 0 Å². The van der Waals surface area contributed by atoms with E-state index in [-0.39, 0.29) is 0 Å². The van der Waals surface area contributed by atoms with Crippen molar-refractivity contribution in [2.45, 2.75) is 24.7 Å². The monoisotopic (exact) mass is 271 g/mol. The van der Waals surface area contributed by atoms with Crippen LogP contribution in [0.2, 0.25) is 5.02 Å². The third-order valence-corrected chi connectivity index (χ3v) is 4.65. The first-order valence-electron chi connectivity index (χ1n) is 5.98. The van der Waals surface area contributed by atoms with Crippen LogP contribution in [0.15, 0.2) is 24.3 Å². The van der Waals surface area contributed by atoms with Gasteiger partial charge >= 0.3 is 0 Å². The van der Waals surface area contributed by atoms with E-state index in [1.807, 2.05) is 36.0 Å². The molecule has 1 aliphatic rings. The smallest absolute Gasteiger partial charge is 0.0666 e. The SMILES string of the molecule is CC1OCCC1SCCNc1ccc(Cl)cc1. The number of hydrogen-bond acceptors (Lipinski definition) is 3.